The molecule has 2 N–H and O–H groups in total. The van der Waals surface area contributed by atoms with Crippen LogP contribution in [0.2, 0.25) is 0 Å². The molecule has 0 fully saturated rings. The van der Waals surface area contributed by atoms with Gasteiger partial charge in [-0.2, -0.15) is 0 Å². The van der Waals surface area contributed by atoms with E-state index in [-0.39, 0.29) is 5.78 Å². The summed E-state index contributed by atoms with van der Waals surface area (Å²) in [5, 5.41) is 0. The lowest BCUT2D eigenvalue weighted by atomic mass is 9.86. The van der Waals surface area contributed by atoms with E-state index in [9.17, 15) is 4.79 Å². The first-order chi connectivity index (χ1) is 8.12. The molecule has 0 radical (unpaired) electrons. The molecule has 0 aliphatic heterocycles. The number of Topliss-reactive ketones (excluding diaryl/α,β-unsaturated/α-hetero) is 1. The molecule has 1 aromatic rings. The van der Waals surface area contributed by atoms with E-state index in [1.165, 1.54) is 5.56 Å². The van der Waals surface area contributed by atoms with Crippen LogP contribution in [0.5, 0.6) is 0 Å². The van der Waals surface area contributed by atoms with Gasteiger partial charge in [-0.3, -0.25) is 4.79 Å². The standard InChI is InChI=1S/C15H23NO/c1-3-15(16,4-2)14(17)12-8-11-13-9-6-5-7-10-13/h5-7,9-10H,3-4,8,11-12,16H2,1-2H3. The second-order valence-corrected chi connectivity index (χ2v) is 4.63. The summed E-state index contributed by atoms with van der Waals surface area (Å²) >= 11 is 0. The number of ketones is 1. The second kappa shape index (κ2) is 6.55. The molecule has 0 aliphatic rings. The highest BCUT2D eigenvalue weighted by atomic mass is 16.1. The fraction of sp³-hybridized carbons (Fsp3) is 0.533. The van der Waals surface area contributed by atoms with Crippen LogP contribution in [0, 0.1) is 0 Å². The molecule has 0 unspecified atom stereocenters. The largest absolute Gasteiger partial charge is 0.319 e. The minimum absolute atomic E-state index is 0.207. The van der Waals surface area contributed by atoms with Crippen molar-refractivity contribution in [2.24, 2.45) is 5.73 Å². The summed E-state index contributed by atoms with van der Waals surface area (Å²) in [7, 11) is 0. The number of benzene rings is 1. The smallest absolute Gasteiger partial charge is 0.152 e. The lowest BCUT2D eigenvalue weighted by Crippen LogP contribution is -2.46. The minimum Gasteiger partial charge on any atom is -0.319 e. The van der Waals surface area contributed by atoms with Crippen molar-refractivity contribution < 1.29 is 4.79 Å². The number of carbonyl (C=O) groups is 1. The van der Waals surface area contributed by atoms with E-state index in [4.69, 9.17) is 5.73 Å². The summed E-state index contributed by atoms with van der Waals surface area (Å²) in [6, 6.07) is 10.3. The van der Waals surface area contributed by atoms with Crippen molar-refractivity contribution in [2.75, 3.05) is 0 Å². The Morgan fingerprint density at radius 3 is 2.29 bits per heavy atom. The van der Waals surface area contributed by atoms with Crippen LogP contribution >= 0.6 is 0 Å². The first-order valence-corrected chi connectivity index (χ1v) is 6.48. The quantitative estimate of drug-likeness (QED) is 0.786. The van der Waals surface area contributed by atoms with Gasteiger partial charge in [0.2, 0.25) is 0 Å². The van der Waals surface area contributed by atoms with Crippen LogP contribution in [-0.4, -0.2) is 11.3 Å². The number of hydrogen-bond acceptors (Lipinski definition) is 2. The number of rotatable bonds is 7. The predicted molar refractivity (Wildman–Crippen MR) is 71.9 cm³/mol. The number of aryl methyl sites for hydroxylation is 1. The molecule has 0 saturated heterocycles. The highest BCUT2D eigenvalue weighted by molar-refractivity contribution is 5.88. The highest BCUT2D eigenvalue weighted by Gasteiger charge is 2.28. The van der Waals surface area contributed by atoms with Crippen LogP contribution < -0.4 is 5.73 Å². The average Bonchev–Trinajstić information content (AvgIpc) is 2.39. The first kappa shape index (κ1) is 13.9. The van der Waals surface area contributed by atoms with E-state index >= 15 is 0 Å². The van der Waals surface area contributed by atoms with E-state index in [1.54, 1.807) is 0 Å². The molecule has 0 atom stereocenters. The van der Waals surface area contributed by atoms with E-state index in [0.717, 1.165) is 25.7 Å². The van der Waals surface area contributed by atoms with Crippen molar-refractivity contribution in [3.63, 3.8) is 0 Å². The molecule has 0 heterocycles. The molecular weight excluding hydrogens is 210 g/mol. The molecule has 0 amide bonds. The lowest BCUT2D eigenvalue weighted by molar-refractivity contribution is -0.124. The maximum Gasteiger partial charge on any atom is 0.152 e. The Hall–Kier alpha value is -1.15. The monoisotopic (exact) mass is 233 g/mol. The zero-order valence-electron chi connectivity index (χ0n) is 10.9. The SMILES string of the molecule is CCC(N)(CC)C(=O)CCCc1ccccc1. The Bertz CT molecular complexity index is 341. The maximum atomic E-state index is 12.0. The molecular formula is C15H23NO. The van der Waals surface area contributed by atoms with Crippen molar-refractivity contribution in [2.45, 2.75) is 51.5 Å². The molecule has 0 bridgehead atoms. The van der Waals surface area contributed by atoms with Gasteiger partial charge < -0.3 is 5.73 Å². The van der Waals surface area contributed by atoms with Crippen LogP contribution in [-0.2, 0) is 11.2 Å². The second-order valence-electron chi connectivity index (χ2n) is 4.63. The van der Waals surface area contributed by atoms with Crippen molar-refractivity contribution >= 4 is 5.78 Å². The maximum absolute atomic E-state index is 12.0. The van der Waals surface area contributed by atoms with Crippen molar-refractivity contribution in [3.05, 3.63) is 35.9 Å². The van der Waals surface area contributed by atoms with Crippen LogP contribution in [0.3, 0.4) is 0 Å². The molecule has 1 aromatic carbocycles. The fourth-order valence-electron chi connectivity index (χ4n) is 1.99. The van der Waals surface area contributed by atoms with E-state index < -0.39 is 5.54 Å². The number of hydrogen-bond donors (Lipinski definition) is 1. The third-order valence-corrected chi connectivity index (χ3v) is 3.53. The molecule has 2 nitrogen and oxygen atoms in total. The Labute approximate surface area is 104 Å². The van der Waals surface area contributed by atoms with E-state index in [2.05, 4.69) is 12.1 Å². The van der Waals surface area contributed by atoms with Gasteiger partial charge in [0.05, 0.1) is 5.54 Å². The molecule has 2 heteroatoms. The van der Waals surface area contributed by atoms with Gasteiger partial charge in [-0.05, 0) is 31.2 Å². The summed E-state index contributed by atoms with van der Waals surface area (Å²) < 4.78 is 0. The van der Waals surface area contributed by atoms with Gasteiger partial charge >= 0.3 is 0 Å². The lowest BCUT2D eigenvalue weighted by Gasteiger charge is -2.24. The molecule has 17 heavy (non-hydrogen) atoms. The van der Waals surface area contributed by atoms with Gasteiger partial charge in [-0.25, -0.2) is 0 Å². The average molecular weight is 233 g/mol. The first-order valence-electron chi connectivity index (χ1n) is 6.48. The van der Waals surface area contributed by atoms with Gasteiger partial charge in [0.25, 0.3) is 0 Å². The Balaban J connectivity index is 2.39. The minimum atomic E-state index is -0.601. The van der Waals surface area contributed by atoms with Crippen molar-refractivity contribution in [1.29, 1.82) is 0 Å². The highest BCUT2D eigenvalue weighted by Crippen LogP contribution is 2.16. The van der Waals surface area contributed by atoms with E-state index in [0.29, 0.717) is 6.42 Å². The van der Waals surface area contributed by atoms with Crippen LogP contribution in [0.15, 0.2) is 30.3 Å². The number of carbonyl (C=O) groups excluding carboxylic acids is 1. The topological polar surface area (TPSA) is 43.1 Å². The molecule has 0 spiro atoms. The summed E-state index contributed by atoms with van der Waals surface area (Å²) in [6.45, 7) is 3.97. The van der Waals surface area contributed by atoms with Crippen LogP contribution in [0.25, 0.3) is 0 Å². The molecule has 0 aliphatic carbocycles. The molecule has 0 aromatic heterocycles. The summed E-state index contributed by atoms with van der Waals surface area (Å²) in [4.78, 5) is 12.0. The van der Waals surface area contributed by atoms with Gasteiger partial charge in [-0.15, -0.1) is 0 Å². The van der Waals surface area contributed by atoms with Crippen LogP contribution in [0.1, 0.15) is 45.1 Å². The fourth-order valence-corrected chi connectivity index (χ4v) is 1.99. The van der Waals surface area contributed by atoms with Gasteiger partial charge in [-0.1, -0.05) is 44.2 Å². The molecule has 94 valence electrons. The van der Waals surface area contributed by atoms with Crippen molar-refractivity contribution in [3.8, 4) is 0 Å². The van der Waals surface area contributed by atoms with E-state index in [1.807, 2.05) is 32.0 Å². The zero-order valence-corrected chi connectivity index (χ0v) is 10.9. The van der Waals surface area contributed by atoms with Crippen molar-refractivity contribution in [1.82, 2.24) is 0 Å². The number of nitrogens with two attached hydrogens (primary N) is 1. The predicted octanol–water partition coefficient (Wildman–Crippen LogP) is 3.10. The Morgan fingerprint density at radius 1 is 1.18 bits per heavy atom. The summed E-state index contributed by atoms with van der Waals surface area (Å²) in [5.74, 6) is 0.207. The third-order valence-electron chi connectivity index (χ3n) is 3.53. The van der Waals surface area contributed by atoms with Gasteiger partial charge in [0.15, 0.2) is 5.78 Å². The Morgan fingerprint density at radius 2 is 1.76 bits per heavy atom. The summed E-state index contributed by atoms with van der Waals surface area (Å²) in [6.07, 6.45) is 3.90. The molecule has 0 saturated carbocycles. The summed E-state index contributed by atoms with van der Waals surface area (Å²) in [5.41, 5.74) is 6.76. The molecule has 1 rings (SSSR count). The van der Waals surface area contributed by atoms with Gasteiger partial charge in [0, 0.05) is 6.42 Å². The zero-order chi connectivity index (χ0) is 12.7. The third kappa shape index (κ3) is 3.97. The van der Waals surface area contributed by atoms with Gasteiger partial charge in [0.1, 0.15) is 0 Å². The Kier molecular flexibility index (Phi) is 5.36. The normalized spacial score (nSPS) is 11.5. The van der Waals surface area contributed by atoms with Crippen LogP contribution in [0.4, 0.5) is 0 Å².